The van der Waals surface area contributed by atoms with Crippen LogP contribution in [0.3, 0.4) is 0 Å². The number of aromatic nitrogens is 3. The van der Waals surface area contributed by atoms with Gasteiger partial charge in [-0.3, -0.25) is 0 Å². The van der Waals surface area contributed by atoms with Gasteiger partial charge in [-0.2, -0.15) is 0 Å². The first-order chi connectivity index (χ1) is 11.4. The van der Waals surface area contributed by atoms with E-state index in [1.54, 1.807) is 6.33 Å². The molecule has 4 heteroatoms. The van der Waals surface area contributed by atoms with Gasteiger partial charge >= 0.3 is 0 Å². The molecular formula is C19H15N3S. The number of nitrogens with zero attached hydrogens (tertiary/aromatic N) is 2. The van der Waals surface area contributed by atoms with Gasteiger partial charge in [-0.05, 0) is 41.7 Å². The van der Waals surface area contributed by atoms with Crippen LogP contribution in [0.4, 0.5) is 0 Å². The van der Waals surface area contributed by atoms with Gasteiger partial charge in [-0.1, -0.05) is 30.3 Å². The first-order valence-corrected chi connectivity index (χ1v) is 8.68. The van der Waals surface area contributed by atoms with Crippen LogP contribution in [0.5, 0.6) is 0 Å². The fourth-order valence-electron chi connectivity index (χ4n) is 2.88. The predicted molar refractivity (Wildman–Crippen MR) is 94.6 cm³/mol. The van der Waals surface area contributed by atoms with Crippen molar-refractivity contribution in [3.8, 4) is 21.6 Å². The Morgan fingerprint density at radius 3 is 2.52 bits per heavy atom. The number of hydrogen-bond acceptors (Lipinski definition) is 3. The maximum absolute atomic E-state index is 4.57. The Morgan fingerprint density at radius 2 is 1.70 bits per heavy atom. The molecule has 112 valence electrons. The summed E-state index contributed by atoms with van der Waals surface area (Å²) in [6.45, 7) is 0. The predicted octanol–water partition coefficient (Wildman–Crippen LogP) is 5.23. The Labute approximate surface area is 138 Å². The van der Waals surface area contributed by atoms with Crippen molar-refractivity contribution in [2.45, 2.75) is 18.8 Å². The molecule has 0 spiro atoms. The Bertz CT molecular complexity index is 977. The van der Waals surface area contributed by atoms with E-state index in [1.807, 2.05) is 17.5 Å². The van der Waals surface area contributed by atoms with Crippen LogP contribution >= 0.6 is 11.3 Å². The van der Waals surface area contributed by atoms with Crippen molar-refractivity contribution >= 4 is 22.4 Å². The first kappa shape index (κ1) is 13.0. The number of nitrogens with one attached hydrogen (secondary N) is 1. The van der Waals surface area contributed by atoms with Gasteiger partial charge in [0.1, 0.15) is 0 Å². The van der Waals surface area contributed by atoms with E-state index in [9.17, 15) is 0 Å². The Hall–Kier alpha value is -2.46. The first-order valence-electron chi connectivity index (χ1n) is 7.86. The molecule has 0 saturated heterocycles. The minimum atomic E-state index is 0.731. The molecule has 1 fully saturated rings. The lowest BCUT2D eigenvalue weighted by Crippen LogP contribution is -1.79. The normalized spacial score (nSPS) is 14.4. The number of thiazole rings is 1. The topological polar surface area (TPSA) is 41.6 Å². The summed E-state index contributed by atoms with van der Waals surface area (Å²) in [6.07, 6.45) is 6.37. The molecule has 4 aromatic rings. The largest absolute Gasteiger partial charge is 0.345 e. The molecule has 0 bridgehead atoms. The van der Waals surface area contributed by atoms with Crippen LogP contribution in [0.1, 0.15) is 23.8 Å². The average molecular weight is 317 g/mol. The van der Waals surface area contributed by atoms with E-state index in [0.29, 0.717) is 0 Å². The summed E-state index contributed by atoms with van der Waals surface area (Å²) in [4.78, 5) is 13.3. The van der Waals surface area contributed by atoms with E-state index in [4.69, 9.17) is 0 Å². The number of fused-ring (bicyclic) bond motifs is 1. The molecule has 1 N–H and O–H groups in total. The molecule has 0 amide bonds. The van der Waals surface area contributed by atoms with Crippen LogP contribution < -0.4 is 0 Å². The summed E-state index contributed by atoms with van der Waals surface area (Å²) in [5, 5.41) is 1.30. The fourth-order valence-corrected chi connectivity index (χ4v) is 3.97. The lowest BCUT2D eigenvalue weighted by Gasteiger charge is -2.03. The molecule has 0 aliphatic heterocycles. The molecule has 0 radical (unpaired) electrons. The van der Waals surface area contributed by atoms with E-state index in [2.05, 4.69) is 57.4 Å². The molecule has 3 nitrogen and oxygen atoms in total. The summed E-state index contributed by atoms with van der Waals surface area (Å²) >= 11 is 1.84. The standard InChI is InChI=1S/C19H15N3S/c1-3-13(18-10-20-19(23-18)14-5-6-14)4-2-12(1)15-7-8-16-17(9-15)22-11-21-16/h1-4,7-11,14H,5-6H2,(H,21,22). The number of benzene rings is 2. The molecule has 0 atom stereocenters. The number of rotatable bonds is 3. The summed E-state index contributed by atoms with van der Waals surface area (Å²) in [6, 6.07) is 15.1. The average Bonchev–Trinajstić information content (AvgIpc) is 3.14. The highest BCUT2D eigenvalue weighted by molar-refractivity contribution is 7.15. The van der Waals surface area contributed by atoms with Crippen molar-refractivity contribution in [2.75, 3.05) is 0 Å². The van der Waals surface area contributed by atoms with Crippen LogP contribution in [-0.4, -0.2) is 15.0 Å². The van der Waals surface area contributed by atoms with Crippen LogP contribution in [0, 0.1) is 0 Å². The van der Waals surface area contributed by atoms with E-state index in [-0.39, 0.29) is 0 Å². The van der Waals surface area contributed by atoms with Crippen LogP contribution in [-0.2, 0) is 0 Å². The van der Waals surface area contributed by atoms with Crippen molar-refractivity contribution in [1.29, 1.82) is 0 Å². The molecule has 2 aromatic carbocycles. The highest BCUT2D eigenvalue weighted by Crippen LogP contribution is 2.43. The molecule has 2 heterocycles. The van der Waals surface area contributed by atoms with E-state index in [1.165, 1.54) is 39.4 Å². The van der Waals surface area contributed by atoms with Crippen molar-refractivity contribution < 1.29 is 0 Å². The summed E-state index contributed by atoms with van der Waals surface area (Å²) in [5.41, 5.74) is 5.75. The fraction of sp³-hybridized carbons (Fsp3) is 0.158. The molecule has 2 aromatic heterocycles. The molecule has 0 unspecified atom stereocenters. The molecule has 1 aliphatic carbocycles. The summed E-state index contributed by atoms with van der Waals surface area (Å²) < 4.78 is 0. The van der Waals surface area contributed by atoms with Gasteiger partial charge in [0, 0.05) is 12.1 Å². The van der Waals surface area contributed by atoms with E-state index < -0.39 is 0 Å². The lowest BCUT2D eigenvalue weighted by atomic mass is 10.0. The highest BCUT2D eigenvalue weighted by atomic mass is 32.1. The summed E-state index contributed by atoms with van der Waals surface area (Å²) in [5.74, 6) is 0.731. The van der Waals surface area contributed by atoms with Gasteiger partial charge in [0.25, 0.3) is 0 Å². The molecule has 23 heavy (non-hydrogen) atoms. The van der Waals surface area contributed by atoms with Gasteiger partial charge in [0.05, 0.1) is 27.2 Å². The van der Waals surface area contributed by atoms with E-state index >= 15 is 0 Å². The van der Waals surface area contributed by atoms with E-state index in [0.717, 1.165) is 17.0 Å². The molecule has 1 aliphatic rings. The molecule has 1 saturated carbocycles. The zero-order chi connectivity index (χ0) is 15.2. The Kier molecular flexibility index (Phi) is 2.85. The molecule has 5 rings (SSSR count). The number of H-pyrrole nitrogens is 1. The van der Waals surface area contributed by atoms with Crippen molar-refractivity contribution in [1.82, 2.24) is 15.0 Å². The lowest BCUT2D eigenvalue weighted by molar-refractivity contribution is 1.08. The van der Waals surface area contributed by atoms with Crippen LogP contribution in [0.15, 0.2) is 55.0 Å². The molecular weight excluding hydrogens is 302 g/mol. The van der Waals surface area contributed by atoms with Crippen molar-refractivity contribution in [2.24, 2.45) is 0 Å². The maximum atomic E-state index is 4.57. The van der Waals surface area contributed by atoms with Gasteiger partial charge in [-0.15, -0.1) is 11.3 Å². The van der Waals surface area contributed by atoms with Gasteiger partial charge in [0.2, 0.25) is 0 Å². The van der Waals surface area contributed by atoms with Crippen LogP contribution in [0.25, 0.3) is 32.6 Å². The minimum Gasteiger partial charge on any atom is -0.345 e. The van der Waals surface area contributed by atoms with Crippen molar-refractivity contribution in [3.05, 3.63) is 60.0 Å². The minimum absolute atomic E-state index is 0.731. The third-order valence-electron chi connectivity index (χ3n) is 4.37. The Balaban J connectivity index is 1.47. The zero-order valence-electron chi connectivity index (χ0n) is 12.5. The van der Waals surface area contributed by atoms with Gasteiger partial charge in [-0.25, -0.2) is 9.97 Å². The maximum Gasteiger partial charge on any atom is 0.0962 e. The third kappa shape index (κ3) is 2.35. The summed E-state index contributed by atoms with van der Waals surface area (Å²) in [7, 11) is 0. The number of imidazole rings is 1. The van der Waals surface area contributed by atoms with Crippen molar-refractivity contribution in [3.63, 3.8) is 0 Å². The monoisotopic (exact) mass is 317 g/mol. The Morgan fingerprint density at radius 1 is 0.913 bits per heavy atom. The number of hydrogen-bond donors (Lipinski definition) is 1. The zero-order valence-corrected chi connectivity index (χ0v) is 13.3. The number of aromatic amines is 1. The van der Waals surface area contributed by atoms with Crippen LogP contribution in [0.2, 0.25) is 0 Å². The second kappa shape index (κ2) is 5.03. The quantitative estimate of drug-likeness (QED) is 0.562. The SMILES string of the molecule is c1nc2ccc(-c3ccc(-c4cnc(C5CC5)s4)cc3)cc2[nH]1. The van der Waals surface area contributed by atoms with Gasteiger partial charge in [0.15, 0.2) is 0 Å². The second-order valence-corrected chi connectivity index (χ2v) is 7.11. The third-order valence-corrected chi connectivity index (χ3v) is 5.58. The van der Waals surface area contributed by atoms with Gasteiger partial charge < -0.3 is 4.98 Å². The second-order valence-electron chi connectivity index (χ2n) is 6.05. The highest BCUT2D eigenvalue weighted by Gasteiger charge is 2.26. The smallest absolute Gasteiger partial charge is 0.0962 e.